The molecule has 1 saturated heterocycles. The van der Waals surface area contributed by atoms with Crippen LogP contribution in [0.25, 0.3) is 11.3 Å². The van der Waals surface area contributed by atoms with E-state index in [2.05, 4.69) is 14.8 Å². The average molecular weight is 663 g/mol. The number of hydrogen-bond donors (Lipinski definition) is 2. The number of alkyl halides is 3. The van der Waals surface area contributed by atoms with Gasteiger partial charge in [-0.3, -0.25) is 14.6 Å². The van der Waals surface area contributed by atoms with Crippen LogP contribution in [0.1, 0.15) is 22.4 Å². The molecule has 16 heteroatoms. The molecular formula is C27H32Cl2F3N7O3S. The van der Waals surface area contributed by atoms with E-state index in [1.165, 1.54) is 16.4 Å². The number of fused-ring (bicyclic) bond motifs is 1. The number of halogens is 5. The highest BCUT2D eigenvalue weighted by Crippen LogP contribution is 2.37. The average Bonchev–Trinajstić information content (AvgIpc) is 3.30. The van der Waals surface area contributed by atoms with Crippen molar-refractivity contribution in [1.82, 2.24) is 24.0 Å². The largest absolute Gasteiger partial charge is 0.416 e. The number of nitrogens with zero attached hydrogens (tertiary/aromatic N) is 6. The molecule has 0 amide bonds. The van der Waals surface area contributed by atoms with Gasteiger partial charge >= 0.3 is 6.18 Å². The molecule has 0 bridgehead atoms. The second-order valence-corrected chi connectivity index (χ2v) is 13.6. The van der Waals surface area contributed by atoms with E-state index in [9.17, 15) is 26.7 Å². The Labute approximate surface area is 257 Å². The van der Waals surface area contributed by atoms with Crippen LogP contribution in [0.3, 0.4) is 0 Å². The van der Waals surface area contributed by atoms with E-state index in [1.54, 1.807) is 17.1 Å². The summed E-state index contributed by atoms with van der Waals surface area (Å²) in [7, 11) is -3.52. The molecule has 234 valence electrons. The first kappa shape index (κ1) is 31.9. The number of nitrogens with two attached hydrogens (primary N) is 1. The number of piperazine rings is 1. The first-order chi connectivity index (χ1) is 20.3. The fourth-order valence-electron chi connectivity index (χ4n) is 5.73. The Balaban J connectivity index is 1.36. The van der Waals surface area contributed by atoms with Crippen molar-refractivity contribution < 1.29 is 26.7 Å². The summed E-state index contributed by atoms with van der Waals surface area (Å²) in [5.74, 6) is 0. The Hall–Kier alpha value is -2.46. The second kappa shape index (κ2) is 12.5. The number of aromatic nitrogens is 3. The predicted molar refractivity (Wildman–Crippen MR) is 158 cm³/mol. The highest BCUT2D eigenvalue weighted by molar-refractivity contribution is 7.88. The first-order valence-corrected chi connectivity index (χ1v) is 16.2. The molecule has 3 aromatic rings. The lowest BCUT2D eigenvalue weighted by molar-refractivity contribution is -0.138. The lowest BCUT2D eigenvalue weighted by atomic mass is 9.97. The summed E-state index contributed by atoms with van der Waals surface area (Å²) in [6, 6.07) is 3.65. The van der Waals surface area contributed by atoms with Gasteiger partial charge in [0.05, 0.1) is 45.9 Å². The number of benzene rings is 1. The molecule has 0 saturated carbocycles. The van der Waals surface area contributed by atoms with Gasteiger partial charge in [0.1, 0.15) is 0 Å². The molecule has 1 unspecified atom stereocenters. The van der Waals surface area contributed by atoms with Gasteiger partial charge in [-0.25, -0.2) is 8.42 Å². The third kappa shape index (κ3) is 6.95. The summed E-state index contributed by atoms with van der Waals surface area (Å²) in [5.41, 5.74) is 7.60. The molecule has 0 aliphatic carbocycles. The Bertz CT molecular complexity index is 1570. The maximum Gasteiger partial charge on any atom is 0.416 e. The van der Waals surface area contributed by atoms with Gasteiger partial charge < -0.3 is 15.7 Å². The van der Waals surface area contributed by atoms with Crippen LogP contribution < -0.4 is 10.6 Å². The van der Waals surface area contributed by atoms with Crippen molar-refractivity contribution in [2.24, 2.45) is 5.73 Å². The fourth-order valence-corrected chi connectivity index (χ4v) is 7.12. The number of aliphatic hydroxyl groups excluding tert-OH is 1. The summed E-state index contributed by atoms with van der Waals surface area (Å²) < 4.78 is 68.2. The minimum Gasteiger partial charge on any atom is -0.390 e. The van der Waals surface area contributed by atoms with E-state index in [-0.39, 0.29) is 31.7 Å². The molecule has 4 heterocycles. The van der Waals surface area contributed by atoms with Gasteiger partial charge in [0.15, 0.2) is 0 Å². The lowest BCUT2D eigenvalue weighted by Gasteiger charge is -2.37. The summed E-state index contributed by atoms with van der Waals surface area (Å²) >= 11 is 12.6. The van der Waals surface area contributed by atoms with Gasteiger partial charge in [0.25, 0.3) is 0 Å². The van der Waals surface area contributed by atoms with Crippen molar-refractivity contribution in [1.29, 1.82) is 0 Å². The quantitative estimate of drug-likeness (QED) is 0.378. The van der Waals surface area contributed by atoms with E-state index < -0.39 is 27.9 Å². The maximum absolute atomic E-state index is 13.5. The molecule has 5 rings (SSSR count). The van der Waals surface area contributed by atoms with Crippen LogP contribution in [0.15, 0.2) is 30.6 Å². The van der Waals surface area contributed by atoms with Crippen molar-refractivity contribution in [3.63, 3.8) is 0 Å². The zero-order valence-corrected chi connectivity index (χ0v) is 25.7. The highest BCUT2D eigenvalue weighted by Gasteiger charge is 2.35. The number of β-amino-alcohol motifs (C(OH)–C–C–N with tert-alkyl or cyclic N) is 1. The summed E-state index contributed by atoms with van der Waals surface area (Å²) in [4.78, 5) is 8.20. The van der Waals surface area contributed by atoms with Crippen molar-refractivity contribution in [3.8, 4) is 11.3 Å². The molecule has 0 radical (unpaired) electrons. The summed E-state index contributed by atoms with van der Waals surface area (Å²) in [6.45, 7) is 3.04. The molecule has 10 nitrogen and oxygen atoms in total. The van der Waals surface area contributed by atoms with Crippen molar-refractivity contribution in [3.05, 3.63) is 63.0 Å². The van der Waals surface area contributed by atoms with Crippen LogP contribution in [-0.2, 0) is 42.3 Å². The van der Waals surface area contributed by atoms with Crippen molar-refractivity contribution in [2.75, 3.05) is 50.4 Å². The molecule has 2 aliphatic rings. The minimum absolute atomic E-state index is 0.0284. The van der Waals surface area contributed by atoms with E-state index in [0.717, 1.165) is 23.7 Å². The van der Waals surface area contributed by atoms with Crippen LogP contribution >= 0.6 is 23.2 Å². The van der Waals surface area contributed by atoms with Crippen LogP contribution in [0.4, 0.5) is 18.9 Å². The van der Waals surface area contributed by atoms with Gasteiger partial charge in [-0.05, 0) is 17.7 Å². The van der Waals surface area contributed by atoms with Gasteiger partial charge in [0, 0.05) is 88.0 Å². The molecule has 1 fully saturated rings. The molecule has 2 aliphatic heterocycles. The maximum atomic E-state index is 13.5. The minimum atomic E-state index is -4.56. The smallest absolute Gasteiger partial charge is 0.390 e. The van der Waals surface area contributed by atoms with Gasteiger partial charge in [0.2, 0.25) is 10.0 Å². The standard InChI is InChI=1S/C27H32Cl2F3N7O3S/c1-43(41,42)38-5-4-24-20(16-38)25(17-2-3-21(27(30,31)32)18(10-17)11-33)35-39(24)15-19(40)14-36-6-8-37(9-7-36)26-22(28)12-34-13-23(26)29/h2-3,10,12-13,19,40H,4-9,11,14-16,33H2,1H3. The van der Waals surface area contributed by atoms with E-state index in [4.69, 9.17) is 34.0 Å². The summed E-state index contributed by atoms with van der Waals surface area (Å²) in [6.07, 6.45) is -0.809. The zero-order valence-electron chi connectivity index (χ0n) is 23.4. The lowest BCUT2D eigenvalue weighted by Crippen LogP contribution is -2.49. The van der Waals surface area contributed by atoms with Crippen molar-refractivity contribution in [2.45, 2.75) is 38.3 Å². The number of aliphatic hydroxyl groups is 1. The van der Waals surface area contributed by atoms with Crippen LogP contribution in [-0.4, -0.2) is 89.1 Å². The topological polar surface area (TPSA) is 121 Å². The van der Waals surface area contributed by atoms with E-state index in [1.807, 2.05) is 0 Å². The van der Waals surface area contributed by atoms with Crippen LogP contribution in [0.5, 0.6) is 0 Å². The Kier molecular flexibility index (Phi) is 9.29. The molecule has 3 N–H and O–H groups in total. The fraction of sp³-hybridized carbons (Fsp3) is 0.481. The Morgan fingerprint density at radius 1 is 1.07 bits per heavy atom. The molecule has 1 atom stereocenters. The molecular weight excluding hydrogens is 630 g/mol. The van der Waals surface area contributed by atoms with Gasteiger partial charge in [-0.1, -0.05) is 29.3 Å². The first-order valence-electron chi connectivity index (χ1n) is 13.6. The second-order valence-electron chi connectivity index (χ2n) is 10.8. The number of pyridine rings is 1. The predicted octanol–water partition coefficient (Wildman–Crippen LogP) is 3.23. The van der Waals surface area contributed by atoms with E-state index in [0.29, 0.717) is 66.0 Å². The van der Waals surface area contributed by atoms with Crippen molar-refractivity contribution >= 4 is 38.9 Å². The third-order valence-corrected chi connectivity index (χ3v) is 9.64. The molecule has 1 aromatic carbocycles. The van der Waals surface area contributed by atoms with Crippen LogP contribution in [0, 0.1) is 0 Å². The highest BCUT2D eigenvalue weighted by atomic mass is 35.5. The number of rotatable bonds is 8. The SMILES string of the molecule is CS(=O)(=O)N1CCc2c(c(-c3ccc(C(F)(F)F)c(CN)c3)nn2CC(O)CN2CCN(c3c(Cl)cncc3Cl)CC2)C1. The Morgan fingerprint density at radius 2 is 1.74 bits per heavy atom. The number of hydrogen-bond acceptors (Lipinski definition) is 8. The third-order valence-electron chi connectivity index (χ3n) is 7.84. The Morgan fingerprint density at radius 3 is 2.35 bits per heavy atom. The monoisotopic (exact) mass is 661 g/mol. The van der Waals surface area contributed by atoms with E-state index >= 15 is 0 Å². The molecule has 2 aromatic heterocycles. The normalized spacial score (nSPS) is 17.7. The molecule has 0 spiro atoms. The van der Waals surface area contributed by atoms with Crippen LogP contribution in [0.2, 0.25) is 10.0 Å². The molecule has 43 heavy (non-hydrogen) atoms. The zero-order chi connectivity index (χ0) is 31.1. The van der Waals surface area contributed by atoms with Gasteiger partial charge in [-0.15, -0.1) is 0 Å². The van der Waals surface area contributed by atoms with Gasteiger partial charge in [-0.2, -0.15) is 22.6 Å². The summed E-state index contributed by atoms with van der Waals surface area (Å²) in [5, 5.41) is 16.7. The number of anilines is 1. The number of sulfonamides is 1.